The number of nitrogens with zero attached hydrogens (tertiary/aromatic N) is 2. The Balaban J connectivity index is 0.00000480. The highest BCUT2D eigenvalue weighted by atomic mass is 127. The molecule has 1 saturated heterocycles. The van der Waals surface area contributed by atoms with E-state index in [0.717, 1.165) is 25.2 Å². The number of ether oxygens (including phenoxy) is 1. The normalized spacial score (nSPS) is 16.8. The number of carbonyl (C=O) groups is 1. The minimum Gasteiger partial charge on any atom is -0.387 e. The van der Waals surface area contributed by atoms with E-state index in [1.54, 1.807) is 6.92 Å². The fraction of sp³-hybridized carbons (Fsp3) is 0.579. The van der Waals surface area contributed by atoms with Gasteiger partial charge in [0, 0.05) is 32.7 Å². The van der Waals surface area contributed by atoms with Gasteiger partial charge in [0.25, 0.3) is 0 Å². The maximum atomic E-state index is 13.7. The van der Waals surface area contributed by atoms with Crippen molar-refractivity contribution in [2.24, 2.45) is 4.99 Å². The van der Waals surface area contributed by atoms with Crippen LogP contribution in [0.3, 0.4) is 0 Å². The molecular weight excluding hydrogens is 530 g/mol. The van der Waals surface area contributed by atoms with Gasteiger partial charge in [-0.1, -0.05) is 0 Å². The third-order valence-corrected chi connectivity index (χ3v) is 4.34. The summed E-state index contributed by atoms with van der Waals surface area (Å²) in [4.78, 5) is 18.2. The van der Waals surface area contributed by atoms with Crippen molar-refractivity contribution < 1.29 is 27.8 Å². The van der Waals surface area contributed by atoms with Crippen LogP contribution in [-0.2, 0) is 9.53 Å². The van der Waals surface area contributed by atoms with Gasteiger partial charge in [0.15, 0.2) is 23.4 Å². The number of anilines is 1. The van der Waals surface area contributed by atoms with Crippen molar-refractivity contribution in [1.29, 1.82) is 0 Å². The topological polar surface area (TPSA) is 98.2 Å². The van der Waals surface area contributed by atoms with Crippen LogP contribution < -0.4 is 16.0 Å². The lowest BCUT2D eigenvalue weighted by atomic mass is 10.1. The molecule has 1 heterocycles. The van der Waals surface area contributed by atoms with Crippen LogP contribution in [0.2, 0.25) is 0 Å². The van der Waals surface area contributed by atoms with Crippen LogP contribution in [-0.4, -0.2) is 80.0 Å². The summed E-state index contributed by atoms with van der Waals surface area (Å²) in [5.74, 6) is -4.91. The van der Waals surface area contributed by atoms with Crippen molar-refractivity contribution in [2.75, 3.05) is 57.8 Å². The quantitative estimate of drug-likeness (QED) is 0.166. The fourth-order valence-corrected chi connectivity index (χ4v) is 2.88. The number of benzene rings is 1. The zero-order chi connectivity index (χ0) is 22.1. The monoisotopic (exact) mass is 559 g/mol. The molecule has 0 aromatic heterocycles. The lowest BCUT2D eigenvalue weighted by molar-refractivity contribution is -0.114. The van der Waals surface area contributed by atoms with Crippen molar-refractivity contribution in [3.8, 4) is 0 Å². The molecule has 1 aliphatic rings. The van der Waals surface area contributed by atoms with Gasteiger partial charge in [-0.2, -0.15) is 0 Å². The lowest BCUT2D eigenvalue weighted by Crippen LogP contribution is -2.53. The second kappa shape index (κ2) is 13.0. The Morgan fingerprint density at radius 2 is 1.90 bits per heavy atom. The molecule has 1 atom stereocenters. The standard InChI is InChI=1S/C19H28F3N5O3.HI/c1-3-23-18(25-11-19(2,29)12-27-6-8-30-9-7-27)24-10-15(28)26-14-5-4-13(20)16(21)17(14)22;/h4-5,29H,3,6-12H2,1-2H3,(H,26,28)(H2,23,24,25);1H. The van der Waals surface area contributed by atoms with E-state index in [2.05, 4.69) is 25.8 Å². The van der Waals surface area contributed by atoms with Crippen LogP contribution in [0, 0.1) is 17.5 Å². The number of aliphatic imine (C=N–C) groups is 1. The molecule has 1 amide bonds. The molecule has 0 saturated carbocycles. The zero-order valence-corrected chi connectivity index (χ0v) is 19.8. The second-order valence-corrected chi connectivity index (χ2v) is 7.21. The van der Waals surface area contributed by atoms with Gasteiger partial charge < -0.3 is 25.8 Å². The maximum Gasteiger partial charge on any atom is 0.246 e. The summed E-state index contributed by atoms with van der Waals surface area (Å²) >= 11 is 0. The van der Waals surface area contributed by atoms with E-state index in [1.165, 1.54) is 0 Å². The van der Waals surface area contributed by atoms with Crippen LogP contribution >= 0.6 is 24.0 Å². The van der Waals surface area contributed by atoms with Crippen molar-refractivity contribution in [3.05, 3.63) is 29.6 Å². The van der Waals surface area contributed by atoms with E-state index in [0.29, 0.717) is 26.3 Å². The zero-order valence-electron chi connectivity index (χ0n) is 17.5. The van der Waals surface area contributed by atoms with Gasteiger partial charge in [0.2, 0.25) is 5.91 Å². The van der Waals surface area contributed by atoms with Crippen molar-refractivity contribution in [1.82, 2.24) is 15.5 Å². The molecule has 1 aliphatic heterocycles. The highest BCUT2D eigenvalue weighted by Gasteiger charge is 2.25. The number of nitrogens with one attached hydrogen (secondary N) is 3. The number of guanidine groups is 1. The molecular formula is C19H29F3IN5O3. The minimum absolute atomic E-state index is 0. The van der Waals surface area contributed by atoms with Gasteiger partial charge in [0.05, 0.1) is 24.5 Å². The molecule has 1 aromatic carbocycles. The van der Waals surface area contributed by atoms with E-state index >= 15 is 0 Å². The van der Waals surface area contributed by atoms with Crippen molar-refractivity contribution in [3.63, 3.8) is 0 Å². The molecule has 0 bridgehead atoms. The molecule has 4 N–H and O–H groups in total. The Morgan fingerprint density at radius 3 is 2.55 bits per heavy atom. The predicted octanol–water partition coefficient (Wildman–Crippen LogP) is 1.30. The first-order valence-corrected chi connectivity index (χ1v) is 9.70. The molecule has 0 aliphatic carbocycles. The molecule has 8 nitrogen and oxygen atoms in total. The number of carbonyl (C=O) groups excluding carboxylic acids is 1. The third kappa shape index (κ3) is 9.17. The van der Waals surface area contributed by atoms with Crippen molar-refractivity contribution >= 4 is 41.5 Å². The summed E-state index contributed by atoms with van der Waals surface area (Å²) < 4.78 is 45.2. The highest BCUT2D eigenvalue weighted by molar-refractivity contribution is 14.0. The molecule has 0 spiro atoms. The summed E-state index contributed by atoms with van der Waals surface area (Å²) in [5, 5.41) is 18.7. The second-order valence-electron chi connectivity index (χ2n) is 7.21. The predicted molar refractivity (Wildman–Crippen MR) is 122 cm³/mol. The number of hydrogen-bond donors (Lipinski definition) is 4. The average Bonchev–Trinajstić information content (AvgIpc) is 2.71. The molecule has 0 radical (unpaired) electrons. The summed E-state index contributed by atoms with van der Waals surface area (Å²) in [5.41, 5.74) is -1.52. The number of morpholine rings is 1. The van der Waals surface area contributed by atoms with Crippen LogP contribution in [0.1, 0.15) is 13.8 Å². The Kier molecular flexibility index (Phi) is 11.5. The first kappa shape index (κ1) is 27.4. The molecule has 1 fully saturated rings. The Hall–Kier alpha value is -1.64. The Labute approximate surface area is 196 Å². The number of hydrogen-bond acceptors (Lipinski definition) is 5. The number of aliphatic hydroxyl groups is 1. The van der Waals surface area contributed by atoms with Gasteiger partial charge in [0.1, 0.15) is 6.54 Å². The van der Waals surface area contributed by atoms with E-state index in [4.69, 9.17) is 4.74 Å². The van der Waals surface area contributed by atoms with Crippen LogP contribution in [0.4, 0.5) is 18.9 Å². The molecule has 176 valence electrons. The van der Waals surface area contributed by atoms with Gasteiger partial charge in [-0.3, -0.25) is 9.69 Å². The SMILES string of the molecule is CCNC(=NCC(=O)Nc1ccc(F)c(F)c1F)NCC(C)(O)CN1CCOCC1.I. The summed E-state index contributed by atoms with van der Waals surface area (Å²) in [6.07, 6.45) is 0. The largest absolute Gasteiger partial charge is 0.387 e. The molecule has 1 aromatic rings. The fourth-order valence-electron chi connectivity index (χ4n) is 2.88. The van der Waals surface area contributed by atoms with E-state index in [9.17, 15) is 23.1 Å². The maximum absolute atomic E-state index is 13.7. The molecule has 1 unspecified atom stereocenters. The number of β-amino-alcohol motifs (C(OH)–C–C–N with tert-alkyl or cyclic N) is 1. The first-order chi connectivity index (χ1) is 14.2. The van der Waals surface area contributed by atoms with Crippen molar-refractivity contribution in [2.45, 2.75) is 19.4 Å². The number of halogens is 4. The van der Waals surface area contributed by atoms with E-state index in [-0.39, 0.29) is 43.0 Å². The van der Waals surface area contributed by atoms with E-state index in [1.807, 2.05) is 6.92 Å². The minimum atomic E-state index is -1.66. The third-order valence-electron chi connectivity index (χ3n) is 4.34. The molecule has 31 heavy (non-hydrogen) atoms. The van der Waals surface area contributed by atoms with Gasteiger partial charge >= 0.3 is 0 Å². The smallest absolute Gasteiger partial charge is 0.246 e. The Bertz CT molecular complexity index is 762. The molecule has 2 rings (SSSR count). The van der Waals surface area contributed by atoms with Gasteiger partial charge in [-0.25, -0.2) is 18.2 Å². The molecule has 12 heteroatoms. The summed E-state index contributed by atoms with van der Waals surface area (Å²) in [6, 6.07) is 1.65. The number of rotatable bonds is 8. The van der Waals surface area contributed by atoms with Gasteiger partial charge in [-0.05, 0) is 26.0 Å². The van der Waals surface area contributed by atoms with E-state index < -0.39 is 34.6 Å². The highest BCUT2D eigenvalue weighted by Crippen LogP contribution is 2.19. The first-order valence-electron chi connectivity index (χ1n) is 9.70. The van der Waals surface area contributed by atoms with Crippen LogP contribution in [0.5, 0.6) is 0 Å². The Morgan fingerprint density at radius 1 is 1.23 bits per heavy atom. The average molecular weight is 559 g/mol. The van der Waals surface area contributed by atoms with Gasteiger partial charge in [-0.15, -0.1) is 24.0 Å². The lowest BCUT2D eigenvalue weighted by Gasteiger charge is -2.34. The summed E-state index contributed by atoms with van der Waals surface area (Å²) in [7, 11) is 0. The summed E-state index contributed by atoms with van der Waals surface area (Å²) in [6.45, 7) is 7.00. The number of amides is 1. The van der Waals surface area contributed by atoms with Crippen LogP contribution in [0.15, 0.2) is 17.1 Å². The van der Waals surface area contributed by atoms with Crippen LogP contribution in [0.25, 0.3) is 0 Å².